The highest BCUT2D eigenvalue weighted by Gasteiger charge is 2.02. The lowest BCUT2D eigenvalue weighted by Crippen LogP contribution is -2.32. The smallest absolute Gasteiger partial charge is 0.233 e. The van der Waals surface area contributed by atoms with E-state index in [0.29, 0.717) is 6.54 Å². The van der Waals surface area contributed by atoms with Crippen molar-refractivity contribution in [3.63, 3.8) is 0 Å². The Hall–Kier alpha value is -1.23. The summed E-state index contributed by atoms with van der Waals surface area (Å²) in [4.78, 5) is 2.86. The van der Waals surface area contributed by atoms with Crippen LogP contribution in [0.15, 0.2) is 22.7 Å². The van der Waals surface area contributed by atoms with E-state index in [-0.39, 0.29) is 5.96 Å². The van der Waals surface area contributed by atoms with E-state index in [1.165, 1.54) is 4.88 Å². The van der Waals surface area contributed by atoms with Crippen molar-refractivity contribution in [2.45, 2.75) is 6.54 Å². The number of nitrogens with two attached hydrogens (primary N) is 1. The summed E-state index contributed by atoms with van der Waals surface area (Å²) in [5, 5.41) is 13.2. The largest absolute Gasteiger partial charge is 0.408 e. The molecular weight excluding hydrogens is 174 g/mol. The molecule has 0 fully saturated rings. The van der Waals surface area contributed by atoms with Crippen molar-refractivity contribution in [2.24, 2.45) is 10.9 Å². The van der Waals surface area contributed by atoms with Gasteiger partial charge in [0.05, 0.1) is 6.54 Å². The second kappa shape index (κ2) is 3.96. The number of thiophene rings is 1. The maximum atomic E-state index is 8.36. The molecule has 1 aromatic heterocycles. The third-order valence-corrected chi connectivity index (χ3v) is 2.33. The Bertz CT molecular complexity index is 258. The van der Waals surface area contributed by atoms with E-state index >= 15 is 0 Å². The van der Waals surface area contributed by atoms with Crippen LogP contribution in [0.1, 0.15) is 4.88 Å². The predicted molar refractivity (Wildman–Crippen MR) is 49.2 cm³/mol. The first-order valence-corrected chi connectivity index (χ1v) is 4.33. The summed E-state index contributed by atoms with van der Waals surface area (Å²) in [6.45, 7) is 0.674. The molecule has 0 unspecified atom stereocenters. The van der Waals surface area contributed by atoms with Gasteiger partial charge in [-0.25, -0.2) is 0 Å². The monoisotopic (exact) mass is 185 g/mol. The van der Waals surface area contributed by atoms with Crippen LogP contribution in [0.25, 0.3) is 0 Å². The summed E-state index contributed by atoms with van der Waals surface area (Å²) in [7, 11) is 1.77. The van der Waals surface area contributed by atoms with E-state index < -0.39 is 0 Å². The second-order valence-corrected chi connectivity index (χ2v) is 3.43. The lowest BCUT2D eigenvalue weighted by Gasteiger charge is -2.14. The molecule has 0 aliphatic heterocycles. The van der Waals surface area contributed by atoms with E-state index in [1.807, 2.05) is 17.5 Å². The normalized spacial score (nSPS) is 11.6. The fourth-order valence-corrected chi connectivity index (χ4v) is 1.55. The number of hydrogen-bond donors (Lipinski definition) is 2. The number of hydrogen-bond acceptors (Lipinski definition) is 3. The molecule has 0 saturated carbocycles. The van der Waals surface area contributed by atoms with Crippen molar-refractivity contribution >= 4 is 17.3 Å². The van der Waals surface area contributed by atoms with Crippen LogP contribution in [0.2, 0.25) is 0 Å². The molecule has 0 aliphatic carbocycles. The molecule has 66 valence electrons. The molecule has 0 saturated heterocycles. The highest BCUT2D eigenvalue weighted by Crippen LogP contribution is 2.10. The van der Waals surface area contributed by atoms with E-state index in [2.05, 4.69) is 5.16 Å². The van der Waals surface area contributed by atoms with Crippen molar-refractivity contribution < 1.29 is 5.21 Å². The van der Waals surface area contributed by atoms with Crippen molar-refractivity contribution in [1.29, 1.82) is 0 Å². The van der Waals surface area contributed by atoms with Crippen LogP contribution in [-0.2, 0) is 6.54 Å². The van der Waals surface area contributed by atoms with Gasteiger partial charge in [-0.05, 0) is 11.4 Å². The van der Waals surface area contributed by atoms with Crippen LogP contribution >= 0.6 is 11.3 Å². The predicted octanol–water partition coefficient (Wildman–Crippen LogP) is 0.884. The Morgan fingerprint density at radius 1 is 1.83 bits per heavy atom. The number of oxime groups is 1. The summed E-state index contributed by atoms with van der Waals surface area (Å²) in [6, 6.07) is 3.98. The molecule has 1 rings (SSSR count). The van der Waals surface area contributed by atoms with Gasteiger partial charge in [-0.2, -0.15) is 0 Å². The zero-order chi connectivity index (χ0) is 8.97. The van der Waals surface area contributed by atoms with Gasteiger partial charge in [-0.3, -0.25) is 0 Å². The zero-order valence-corrected chi connectivity index (χ0v) is 7.58. The number of rotatable bonds is 2. The van der Waals surface area contributed by atoms with Crippen molar-refractivity contribution in [3.8, 4) is 0 Å². The minimum atomic E-state index is 0.128. The van der Waals surface area contributed by atoms with Crippen LogP contribution in [0.3, 0.4) is 0 Å². The lowest BCUT2D eigenvalue weighted by molar-refractivity contribution is 0.304. The van der Waals surface area contributed by atoms with Crippen LogP contribution in [0.5, 0.6) is 0 Å². The minimum Gasteiger partial charge on any atom is -0.408 e. The van der Waals surface area contributed by atoms with E-state index in [4.69, 9.17) is 10.9 Å². The number of nitrogens with zero attached hydrogens (tertiary/aromatic N) is 2. The molecule has 0 atom stereocenters. The third-order valence-electron chi connectivity index (χ3n) is 1.47. The molecule has 3 N–H and O–H groups in total. The molecule has 4 nitrogen and oxygen atoms in total. The molecule has 0 aromatic carbocycles. The average molecular weight is 185 g/mol. The van der Waals surface area contributed by atoms with Gasteiger partial charge in [0.25, 0.3) is 0 Å². The summed E-state index contributed by atoms with van der Waals surface area (Å²) < 4.78 is 0. The molecule has 1 aromatic rings. The standard InChI is InChI=1S/C7H11N3OS/c1-10(7(8)9-11)5-6-3-2-4-12-6/h2-4,11H,5H2,1H3,(H2,8,9). The van der Waals surface area contributed by atoms with Gasteiger partial charge >= 0.3 is 0 Å². The highest BCUT2D eigenvalue weighted by molar-refractivity contribution is 7.09. The van der Waals surface area contributed by atoms with Crippen LogP contribution in [0.4, 0.5) is 0 Å². The van der Waals surface area contributed by atoms with Crippen LogP contribution in [0, 0.1) is 0 Å². The first-order chi connectivity index (χ1) is 5.74. The average Bonchev–Trinajstić information content (AvgIpc) is 2.55. The zero-order valence-electron chi connectivity index (χ0n) is 6.77. The number of guanidine groups is 1. The molecule has 0 amide bonds. The van der Waals surface area contributed by atoms with Crippen LogP contribution in [-0.4, -0.2) is 23.1 Å². The Morgan fingerprint density at radius 3 is 3.08 bits per heavy atom. The Labute approximate surface area is 74.9 Å². The Morgan fingerprint density at radius 2 is 2.58 bits per heavy atom. The molecule has 12 heavy (non-hydrogen) atoms. The van der Waals surface area contributed by atoms with E-state index in [9.17, 15) is 0 Å². The fourth-order valence-electron chi connectivity index (χ4n) is 0.794. The van der Waals surface area contributed by atoms with Crippen LogP contribution < -0.4 is 5.73 Å². The van der Waals surface area contributed by atoms with Gasteiger partial charge in [0.1, 0.15) is 0 Å². The Kier molecular flexibility index (Phi) is 2.93. The molecule has 0 spiro atoms. The maximum absolute atomic E-state index is 8.36. The maximum Gasteiger partial charge on any atom is 0.233 e. The van der Waals surface area contributed by atoms with Gasteiger partial charge < -0.3 is 15.8 Å². The van der Waals surface area contributed by atoms with Crippen molar-refractivity contribution in [3.05, 3.63) is 22.4 Å². The topological polar surface area (TPSA) is 61.8 Å². The van der Waals surface area contributed by atoms with Gasteiger partial charge in [-0.15, -0.1) is 11.3 Å². The quantitative estimate of drug-likeness (QED) is 0.311. The Balaban J connectivity index is 2.53. The van der Waals surface area contributed by atoms with Gasteiger partial charge in [0.15, 0.2) is 0 Å². The van der Waals surface area contributed by atoms with E-state index in [1.54, 1.807) is 23.3 Å². The minimum absolute atomic E-state index is 0.128. The highest BCUT2D eigenvalue weighted by atomic mass is 32.1. The summed E-state index contributed by atoms with van der Waals surface area (Å²) >= 11 is 1.65. The second-order valence-electron chi connectivity index (χ2n) is 2.39. The molecule has 5 heteroatoms. The first kappa shape index (κ1) is 8.86. The summed E-state index contributed by atoms with van der Waals surface area (Å²) in [6.07, 6.45) is 0. The summed E-state index contributed by atoms with van der Waals surface area (Å²) in [5.74, 6) is 0.128. The third kappa shape index (κ3) is 2.13. The van der Waals surface area contributed by atoms with Crippen molar-refractivity contribution in [1.82, 2.24) is 4.90 Å². The molecule has 0 radical (unpaired) electrons. The van der Waals surface area contributed by atoms with Gasteiger partial charge in [-0.1, -0.05) is 11.2 Å². The molecular formula is C7H11N3OS. The molecule has 0 aliphatic rings. The first-order valence-electron chi connectivity index (χ1n) is 3.45. The molecule has 1 heterocycles. The van der Waals surface area contributed by atoms with Crippen molar-refractivity contribution in [2.75, 3.05) is 7.05 Å². The molecule has 0 bridgehead atoms. The summed E-state index contributed by atoms with van der Waals surface area (Å²) in [5.41, 5.74) is 5.36. The fraction of sp³-hybridized carbons (Fsp3) is 0.286. The van der Waals surface area contributed by atoms with Gasteiger partial charge in [0.2, 0.25) is 5.96 Å². The van der Waals surface area contributed by atoms with E-state index in [0.717, 1.165) is 0 Å². The SMILES string of the molecule is CN(Cc1cccs1)C(N)=NO. The van der Waals surface area contributed by atoms with Gasteiger partial charge in [0, 0.05) is 11.9 Å². The lowest BCUT2D eigenvalue weighted by atomic mass is 10.4.